The molecule has 0 N–H and O–H groups in total. The van der Waals surface area contributed by atoms with E-state index >= 15 is 0 Å². The molecule has 0 radical (unpaired) electrons. The first-order chi connectivity index (χ1) is 10.1. The zero-order valence-corrected chi connectivity index (χ0v) is 12.5. The highest BCUT2D eigenvalue weighted by Gasteiger charge is 2.47. The maximum Gasteiger partial charge on any atom is 0.233 e. The predicted molar refractivity (Wildman–Crippen MR) is 78.9 cm³/mol. The Balaban J connectivity index is 1.87. The second kappa shape index (κ2) is 5.53. The third kappa shape index (κ3) is 2.44. The Kier molecular flexibility index (Phi) is 3.72. The molecule has 1 aliphatic carbocycles. The molecule has 110 valence electrons. The molecule has 4 nitrogen and oxygen atoms in total. The molecule has 1 fully saturated rings. The van der Waals surface area contributed by atoms with E-state index in [9.17, 15) is 9.59 Å². The number of halogens is 1. The highest BCUT2D eigenvalue weighted by atomic mass is 35.5. The number of hydrogen-bond acceptors (Lipinski definition) is 3. The van der Waals surface area contributed by atoms with Gasteiger partial charge >= 0.3 is 0 Å². The van der Waals surface area contributed by atoms with Crippen molar-refractivity contribution in [2.24, 2.45) is 11.8 Å². The van der Waals surface area contributed by atoms with E-state index in [0.29, 0.717) is 23.6 Å². The molecule has 5 heteroatoms. The summed E-state index contributed by atoms with van der Waals surface area (Å²) in [4.78, 5) is 26.2. The lowest BCUT2D eigenvalue weighted by molar-refractivity contribution is -0.140. The SMILES string of the molecule is COc1ccc(Cl)cc1CN1C(=O)[C@@H]2CC=CC[C@H]2C1=O. The van der Waals surface area contributed by atoms with Crippen molar-refractivity contribution < 1.29 is 14.3 Å². The minimum Gasteiger partial charge on any atom is -0.496 e. The highest BCUT2D eigenvalue weighted by molar-refractivity contribution is 6.30. The van der Waals surface area contributed by atoms with Crippen LogP contribution in [0.15, 0.2) is 30.4 Å². The van der Waals surface area contributed by atoms with E-state index in [2.05, 4.69) is 0 Å². The number of likely N-dealkylation sites (tertiary alicyclic amines) is 1. The fourth-order valence-corrected chi connectivity index (χ4v) is 3.26. The number of ether oxygens (including phenoxy) is 1. The van der Waals surface area contributed by atoms with Crippen molar-refractivity contribution in [3.05, 3.63) is 40.9 Å². The van der Waals surface area contributed by atoms with E-state index in [1.807, 2.05) is 12.2 Å². The smallest absolute Gasteiger partial charge is 0.233 e. The van der Waals surface area contributed by atoms with E-state index in [1.165, 1.54) is 4.90 Å². The fourth-order valence-electron chi connectivity index (χ4n) is 3.07. The van der Waals surface area contributed by atoms with Gasteiger partial charge in [0.05, 0.1) is 25.5 Å². The van der Waals surface area contributed by atoms with Gasteiger partial charge in [0.1, 0.15) is 5.75 Å². The number of amides is 2. The lowest BCUT2D eigenvalue weighted by atomic mass is 9.85. The van der Waals surface area contributed by atoms with E-state index < -0.39 is 0 Å². The van der Waals surface area contributed by atoms with Gasteiger partial charge in [-0.05, 0) is 31.0 Å². The Hall–Kier alpha value is -1.81. The molecule has 0 spiro atoms. The number of imide groups is 1. The summed E-state index contributed by atoms with van der Waals surface area (Å²) in [6.07, 6.45) is 5.27. The van der Waals surface area contributed by atoms with Crippen LogP contribution < -0.4 is 4.74 Å². The summed E-state index contributed by atoms with van der Waals surface area (Å²) in [5.74, 6) is 0.0566. The van der Waals surface area contributed by atoms with Gasteiger partial charge in [0.15, 0.2) is 0 Å². The first kappa shape index (κ1) is 14.1. The minimum atomic E-state index is -0.201. The van der Waals surface area contributed by atoms with Crippen LogP contribution in [0.2, 0.25) is 5.02 Å². The average Bonchev–Trinajstić information content (AvgIpc) is 2.73. The Morgan fingerprint density at radius 2 is 1.81 bits per heavy atom. The number of methoxy groups -OCH3 is 1. The van der Waals surface area contributed by atoms with Crippen molar-refractivity contribution in [2.75, 3.05) is 7.11 Å². The first-order valence-electron chi connectivity index (χ1n) is 6.94. The number of hydrogen-bond donors (Lipinski definition) is 0. The summed E-state index contributed by atoms with van der Waals surface area (Å²) < 4.78 is 5.28. The molecule has 2 amide bonds. The Labute approximate surface area is 128 Å². The van der Waals surface area contributed by atoms with Crippen molar-refractivity contribution >= 4 is 23.4 Å². The average molecular weight is 306 g/mol. The fraction of sp³-hybridized carbons (Fsp3) is 0.375. The van der Waals surface area contributed by atoms with Crippen LogP contribution >= 0.6 is 11.6 Å². The van der Waals surface area contributed by atoms with Gasteiger partial charge in [0.2, 0.25) is 11.8 Å². The van der Waals surface area contributed by atoms with Gasteiger partial charge in [0.25, 0.3) is 0 Å². The Bertz CT molecular complexity index is 600. The summed E-state index contributed by atoms with van der Waals surface area (Å²) in [5, 5.41) is 0.559. The second-order valence-corrected chi connectivity index (χ2v) is 5.81. The number of carbonyl (C=O) groups excluding carboxylic acids is 2. The van der Waals surface area contributed by atoms with Crippen LogP contribution in [-0.4, -0.2) is 23.8 Å². The van der Waals surface area contributed by atoms with Crippen LogP contribution in [0.5, 0.6) is 5.75 Å². The molecular weight excluding hydrogens is 290 g/mol. The summed E-state index contributed by atoms with van der Waals surface area (Å²) in [6, 6.07) is 5.21. The molecule has 0 saturated carbocycles. The van der Waals surface area contributed by atoms with Gasteiger partial charge in [-0.15, -0.1) is 0 Å². The number of allylic oxidation sites excluding steroid dienone is 2. The number of carbonyl (C=O) groups is 2. The number of fused-ring (bicyclic) bond motifs is 1. The molecule has 2 aliphatic rings. The van der Waals surface area contributed by atoms with Gasteiger partial charge < -0.3 is 4.74 Å². The molecule has 1 aromatic rings. The number of rotatable bonds is 3. The maximum absolute atomic E-state index is 12.4. The molecule has 0 unspecified atom stereocenters. The lowest BCUT2D eigenvalue weighted by Crippen LogP contribution is -2.30. The lowest BCUT2D eigenvalue weighted by Gasteiger charge is -2.17. The van der Waals surface area contributed by atoms with Crippen molar-refractivity contribution in [1.82, 2.24) is 4.90 Å². The van der Waals surface area contributed by atoms with Crippen LogP contribution in [0.4, 0.5) is 0 Å². The van der Waals surface area contributed by atoms with Crippen molar-refractivity contribution in [1.29, 1.82) is 0 Å². The summed E-state index contributed by atoms with van der Waals surface area (Å²) in [5.41, 5.74) is 0.748. The molecule has 0 aromatic heterocycles. The largest absolute Gasteiger partial charge is 0.496 e. The van der Waals surface area contributed by atoms with Crippen LogP contribution in [0, 0.1) is 11.8 Å². The van der Waals surface area contributed by atoms with Gasteiger partial charge in [-0.25, -0.2) is 0 Å². The zero-order chi connectivity index (χ0) is 15.0. The summed E-state index contributed by atoms with van der Waals surface area (Å²) in [6.45, 7) is 0.217. The molecule has 3 rings (SSSR count). The Morgan fingerprint density at radius 1 is 1.19 bits per heavy atom. The minimum absolute atomic E-state index is 0.0867. The summed E-state index contributed by atoms with van der Waals surface area (Å²) in [7, 11) is 1.56. The van der Waals surface area contributed by atoms with Crippen molar-refractivity contribution in [2.45, 2.75) is 19.4 Å². The summed E-state index contributed by atoms with van der Waals surface area (Å²) >= 11 is 6.00. The highest BCUT2D eigenvalue weighted by Crippen LogP contribution is 2.36. The number of benzene rings is 1. The third-order valence-corrected chi connectivity index (χ3v) is 4.40. The standard InChI is InChI=1S/C16H16ClNO3/c1-21-14-7-6-11(17)8-10(14)9-18-15(19)12-4-2-3-5-13(12)16(18)20/h2-3,6-8,12-13H,4-5,9H2,1H3/t12-,13-/m1/s1. The molecule has 1 heterocycles. The van der Waals surface area contributed by atoms with Gasteiger partial charge in [-0.1, -0.05) is 23.8 Å². The third-order valence-electron chi connectivity index (χ3n) is 4.17. The van der Waals surface area contributed by atoms with E-state index in [4.69, 9.17) is 16.3 Å². The molecule has 1 saturated heterocycles. The molecule has 0 bridgehead atoms. The van der Waals surface area contributed by atoms with Crippen LogP contribution in [0.1, 0.15) is 18.4 Å². The monoisotopic (exact) mass is 305 g/mol. The first-order valence-corrected chi connectivity index (χ1v) is 7.32. The quantitative estimate of drug-likeness (QED) is 0.637. The normalized spacial score (nSPS) is 24.4. The molecule has 1 aliphatic heterocycles. The van der Waals surface area contributed by atoms with Crippen LogP contribution in [0.3, 0.4) is 0 Å². The molecule has 1 aromatic carbocycles. The van der Waals surface area contributed by atoms with Gasteiger partial charge in [-0.3, -0.25) is 14.5 Å². The zero-order valence-electron chi connectivity index (χ0n) is 11.7. The number of nitrogens with zero attached hydrogens (tertiary/aromatic N) is 1. The predicted octanol–water partition coefficient (Wildman–Crippen LogP) is 2.80. The molecule has 2 atom stereocenters. The van der Waals surface area contributed by atoms with Crippen LogP contribution in [0.25, 0.3) is 0 Å². The van der Waals surface area contributed by atoms with E-state index in [0.717, 1.165) is 5.56 Å². The second-order valence-electron chi connectivity index (χ2n) is 5.37. The van der Waals surface area contributed by atoms with Crippen LogP contribution in [-0.2, 0) is 16.1 Å². The molecular formula is C16H16ClNO3. The molecule has 21 heavy (non-hydrogen) atoms. The Morgan fingerprint density at radius 3 is 2.38 bits per heavy atom. The van der Waals surface area contributed by atoms with E-state index in [-0.39, 0.29) is 30.2 Å². The van der Waals surface area contributed by atoms with Crippen molar-refractivity contribution in [3.63, 3.8) is 0 Å². The van der Waals surface area contributed by atoms with Crippen molar-refractivity contribution in [3.8, 4) is 5.75 Å². The maximum atomic E-state index is 12.4. The van der Waals surface area contributed by atoms with E-state index in [1.54, 1.807) is 25.3 Å². The van der Waals surface area contributed by atoms with Gasteiger partial charge in [0, 0.05) is 10.6 Å². The van der Waals surface area contributed by atoms with Gasteiger partial charge in [-0.2, -0.15) is 0 Å². The topological polar surface area (TPSA) is 46.6 Å².